The lowest BCUT2D eigenvalue weighted by molar-refractivity contribution is 0.0950. The molecule has 0 saturated heterocycles. The van der Waals surface area contributed by atoms with Gasteiger partial charge >= 0.3 is 0 Å². The quantitative estimate of drug-likeness (QED) is 0.695. The molecule has 0 radical (unpaired) electrons. The third-order valence-corrected chi connectivity index (χ3v) is 4.58. The fourth-order valence-electron chi connectivity index (χ4n) is 3.03. The monoisotopic (exact) mass is 362 g/mol. The van der Waals surface area contributed by atoms with Gasteiger partial charge in [0.2, 0.25) is 0 Å². The van der Waals surface area contributed by atoms with E-state index in [1.807, 2.05) is 13.8 Å². The van der Waals surface area contributed by atoms with Crippen LogP contribution in [0.25, 0.3) is 10.9 Å². The van der Waals surface area contributed by atoms with Crippen molar-refractivity contribution in [2.45, 2.75) is 20.3 Å². The van der Waals surface area contributed by atoms with Gasteiger partial charge in [-0.2, -0.15) is 0 Å². The zero-order chi connectivity index (χ0) is 18.1. The van der Waals surface area contributed by atoms with E-state index in [4.69, 9.17) is 11.6 Å². The molecule has 3 aromatic rings. The van der Waals surface area contributed by atoms with Crippen LogP contribution in [0.4, 0.5) is 8.78 Å². The largest absolute Gasteiger partial charge is 0.356 e. The van der Waals surface area contributed by atoms with Crippen LogP contribution in [0, 0.1) is 25.5 Å². The van der Waals surface area contributed by atoms with Gasteiger partial charge in [-0.05, 0) is 49.6 Å². The van der Waals surface area contributed by atoms with Gasteiger partial charge in [0.1, 0.15) is 5.82 Å². The summed E-state index contributed by atoms with van der Waals surface area (Å²) in [4.78, 5) is 15.2. The van der Waals surface area contributed by atoms with E-state index in [1.165, 1.54) is 24.3 Å². The van der Waals surface area contributed by atoms with Gasteiger partial charge in [0.05, 0.1) is 16.1 Å². The molecular weight excluding hydrogens is 346 g/mol. The summed E-state index contributed by atoms with van der Waals surface area (Å²) in [6, 6.07) is 7.46. The zero-order valence-electron chi connectivity index (χ0n) is 13.8. The first-order valence-corrected chi connectivity index (χ1v) is 8.26. The molecular formula is C19H17ClF2N2O. The van der Waals surface area contributed by atoms with E-state index in [0.29, 0.717) is 18.5 Å². The Labute approximate surface area is 149 Å². The molecule has 0 unspecified atom stereocenters. The average Bonchev–Trinajstić information content (AvgIpc) is 2.91. The predicted molar refractivity (Wildman–Crippen MR) is 95.2 cm³/mol. The number of H-pyrrole nitrogens is 1. The van der Waals surface area contributed by atoms with Gasteiger partial charge in [0.15, 0.2) is 5.82 Å². The molecule has 0 aliphatic rings. The number of halogens is 3. The number of amides is 1. The van der Waals surface area contributed by atoms with Crippen molar-refractivity contribution in [2.75, 3.05) is 6.54 Å². The summed E-state index contributed by atoms with van der Waals surface area (Å²) in [5.74, 6) is -1.57. The summed E-state index contributed by atoms with van der Waals surface area (Å²) in [5, 5.41) is 3.43. The van der Waals surface area contributed by atoms with Crippen LogP contribution in [0.1, 0.15) is 27.2 Å². The molecule has 0 bridgehead atoms. The highest BCUT2D eigenvalue weighted by atomic mass is 35.5. The van der Waals surface area contributed by atoms with E-state index >= 15 is 0 Å². The number of benzene rings is 2. The van der Waals surface area contributed by atoms with Gasteiger partial charge in [0, 0.05) is 17.6 Å². The average molecular weight is 363 g/mol. The van der Waals surface area contributed by atoms with E-state index in [-0.39, 0.29) is 16.4 Å². The molecule has 0 aliphatic heterocycles. The third kappa shape index (κ3) is 3.24. The summed E-state index contributed by atoms with van der Waals surface area (Å²) in [6.45, 7) is 4.08. The second-order valence-electron chi connectivity index (χ2n) is 5.95. The first-order valence-electron chi connectivity index (χ1n) is 7.88. The smallest absolute Gasteiger partial charge is 0.254 e. The lowest BCUT2D eigenvalue weighted by atomic mass is 10.0. The topological polar surface area (TPSA) is 44.9 Å². The zero-order valence-corrected chi connectivity index (χ0v) is 14.6. The van der Waals surface area contributed by atoms with Crippen LogP contribution < -0.4 is 5.32 Å². The van der Waals surface area contributed by atoms with Crippen molar-refractivity contribution in [3.8, 4) is 0 Å². The Bertz CT molecular complexity index is 966. The number of fused-ring (bicyclic) bond motifs is 1. The minimum Gasteiger partial charge on any atom is -0.356 e. The molecule has 0 atom stereocenters. The maximum Gasteiger partial charge on any atom is 0.254 e. The van der Waals surface area contributed by atoms with Crippen LogP contribution in [0.15, 0.2) is 30.3 Å². The minimum absolute atomic E-state index is 0.0915. The highest BCUT2D eigenvalue weighted by molar-refractivity contribution is 6.31. The van der Waals surface area contributed by atoms with E-state index in [1.54, 1.807) is 6.07 Å². The number of aryl methyl sites for hydroxylation is 2. The highest BCUT2D eigenvalue weighted by Crippen LogP contribution is 2.27. The summed E-state index contributed by atoms with van der Waals surface area (Å²) in [7, 11) is 0. The predicted octanol–water partition coefficient (Wildman–Crippen LogP) is 4.69. The number of hydrogen-bond donors (Lipinski definition) is 2. The van der Waals surface area contributed by atoms with Crippen LogP contribution in [-0.2, 0) is 6.42 Å². The van der Waals surface area contributed by atoms with Crippen LogP contribution in [0.3, 0.4) is 0 Å². The van der Waals surface area contributed by atoms with Crippen molar-refractivity contribution in [3.63, 3.8) is 0 Å². The van der Waals surface area contributed by atoms with Crippen molar-refractivity contribution in [1.29, 1.82) is 0 Å². The summed E-state index contributed by atoms with van der Waals surface area (Å²) >= 11 is 5.70. The first kappa shape index (κ1) is 17.4. The summed E-state index contributed by atoms with van der Waals surface area (Å²) in [6.07, 6.45) is 0.504. The van der Waals surface area contributed by atoms with E-state index in [2.05, 4.69) is 10.3 Å². The summed E-state index contributed by atoms with van der Waals surface area (Å²) < 4.78 is 27.8. The number of rotatable bonds is 4. The first-order chi connectivity index (χ1) is 11.9. The van der Waals surface area contributed by atoms with Crippen molar-refractivity contribution < 1.29 is 13.6 Å². The van der Waals surface area contributed by atoms with Crippen molar-refractivity contribution in [3.05, 3.63) is 69.4 Å². The molecule has 130 valence electrons. The Kier molecular flexibility index (Phi) is 4.77. The Balaban J connectivity index is 1.78. The molecule has 25 heavy (non-hydrogen) atoms. The molecule has 0 saturated carbocycles. The standard InChI is InChI=1S/C19H17ClF2N2O/c1-10-6-7-15(21)18-16(10)12(11(2)24-18)8-9-23-19(25)13-4-3-5-14(20)17(13)22/h3-7,24H,8-9H2,1-2H3,(H,23,25). The van der Waals surface area contributed by atoms with E-state index in [0.717, 1.165) is 22.2 Å². The second kappa shape index (κ2) is 6.84. The molecule has 0 spiro atoms. The molecule has 0 aliphatic carbocycles. The number of carbonyl (C=O) groups excluding carboxylic acids is 1. The maximum absolute atomic E-state index is 14.0. The normalized spacial score (nSPS) is 11.1. The lowest BCUT2D eigenvalue weighted by Crippen LogP contribution is -2.26. The minimum atomic E-state index is -0.733. The fraction of sp³-hybridized carbons (Fsp3) is 0.211. The van der Waals surface area contributed by atoms with E-state index < -0.39 is 11.7 Å². The van der Waals surface area contributed by atoms with Crippen molar-refractivity contribution in [2.24, 2.45) is 0 Å². The van der Waals surface area contributed by atoms with Crippen molar-refractivity contribution in [1.82, 2.24) is 10.3 Å². The second-order valence-corrected chi connectivity index (χ2v) is 6.36. The molecule has 1 amide bonds. The SMILES string of the molecule is Cc1[nH]c2c(F)ccc(C)c2c1CCNC(=O)c1cccc(Cl)c1F. The highest BCUT2D eigenvalue weighted by Gasteiger charge is 2.16. The molecule has 3 rings (SSSR count). The molecule has 1 aromatic heterocycles. The maximum atomic E-state index is 14.0. The van der Waals surface area contributed by atoms with Gasteiger partial charge < -0.3 is 10.3 Å². The van der Waals surface area contributed by atoms with Crippen LogP contribution in [0.2, 0.25) is 5.02 Å². The van der Waals surface area contributed by atoms with E-state index in [9.17, 15) is 13.6 Å². The van der Waals surface area contributed by atoms with Crippen LogP contribution >= 0.6 is 11.6 Å². The Hall–Kier alpha value is -2.40. The van der Waals surface area contributed by atoms with Gasteiger partial charge in [-0.25, -0.2) is 8.78 Å². The summed E-state index contributed by atoms with van der Waals surface area (Å²) in [5.41, 5.74) is 3.14. The molecule has 0 fully saturated rings. The number of carbonyl (C=O) groups is 1. The molecule has 1 heterocycles. The third-order valence-electron chi connectivity index (χ3n) is 4.29. The van der Waals surface area contributed by atoms with Crippen LogP contribution in [-0.4, -0.2) is 17.4 Å². The molecule has 2 aromatic carbocycles. The Morgan fingerprint density at radius 3 is 2.72 bits per heavy atom. The molecule has 3 nitrogen and oxygen atoms in total. The van der Waals surface area contributed by atoms with Gasteiger partial charge in [0.25, 0.3) is 5.91 Å². The fourth-order valence-corrected chi connectivity index (χ4v) is 3.21. The molecule has 6 heteroatoms. The number of nitrogens with one attached hydrogen (secondary N) is 2. The number of aromatic nitrogens is 1. The lowest BCUT2D eigenvalue weighted by Gasteiger charge is -2.08. The van der Waals surface area contributed by atoms with Crippen LogP contribution in [0.5, 0.6) is 0 Å². The number of aromatic amines is 1. The van der Waals surface area contributed by atoms with Gasteiger partial charge in [-0.15, -0.1) is 0 Å². The molecule has 2 N–H and O–H groups in total. The van der Waals surface area contributed by atoms with Gasteiger partial charge in [-0.1, -0.05) is 23.7 Å². The Morgan fingerprint density at radius 1 is 1.20 bits per heavy atom. The number of hydrogen-bond acceptors (Lipinski definition) is 1. The van der Waals surface area contributed by atoms with Gasteiger partial charge in [-0.3, -0.25) is 4.79 Å². The Morgan fingerprint density at radius 2 is 1.96 bits per heavy atom. The van der Waals surface area contributed by atoms with Crippen molar-refractivity contribution >= 4 is 28.4 Å².